The molecule has 2 aromatic rings. The summed E-state index contributed by atoms with van der Waals surface area (Å²) in [6, 6.07) is 5.91. The lowest BCUT2D eigenvalue weighted by molar-refractivity contribution is -0.151. The van der Waals surface area contributed by atoms with E-state index in [4.69, 9.17) is 18.6 Å². The van der Waals surface area contributed by atoms with E-state index in [1.165, 1.54) is 25.0 Å². The summed E-state index contributed by atoms with van der Waals surface area (Å²) in [6.07, 6.45) is 5.32. The molecule has 260 valence electrons. The molecule has 0 saturated heterocycles. The first-order valence-corrected chi connectivity index (χ1v) is 16.5. The Labute approximate surface area is 285 Å². The third kappa shape index (κ3) is 19.8. The number of allylic oxidation sites excluding steroid dienone is 2. The van der Waals surface area contributed by atoms with Crippen LogP contribution in [0.5, 0.6) is 5.75 Å². The van der Waals surface area contributed by atoms with Crippen molar-refractivity contribution in [3.05, 3.63) is 48.0 Å². The summed E-state index contributed by atoms with van der Waals surface area (Å²) >= 11 is 3.31. The maximum Gasteiger partial charge on any atom is 0.411 e. The molecular formula is C35H57BrN4O6. The van der Waals surface area contributed by atoms with Crippen molar-refractivity contribution in [3.63, 3.8) is 0 Å². The van der Waals surface area contributed by atoms with E-state index in [1.807, 2.05) is 52.8 Å². The van der Waals surface area contributed by atoms with Gasteiger partial charge in [-0.05, 0) is 101 Å². The predicted octanol–water partition coefficient (Wildman–Crippen LogP) is 10.1. The van der Waals surface area contributed by atoms with E-state index in [0.717, 1.165) is 19.3 Å². The molecule has 46 heavy (non-hydrogen) atoms. The Hall–Kier alpha value is -3.47. The highest BCUT2D eigenvalue weighted by molar-refractivity contribution is 9.18. The van der Waals surface area contributed by atoms with Gasteiger partial charge in [0.15, 0.2) is 0 Å². The molecule has 0 aliphatic rings. The standard InChI is InChI=1S/C24H31BrN4O4.C6H12O2.C3H8.C2H6/c1-8-10-11-16-12-13-17(18(14-16)31-7)21-28-29-22(32-21)20(27-19(25)9-2)15(3)26-23(30)33-24(4,5)6;1-5(7)8-6(2,3)4;1-3-2;1-2/h9,12-14H,2,8,10-11H2,1,3-7H3,(H,26,30);1-4H3;3H2,1-2H3;1-2H3/b20-15+,27-19?;;;. The van der Waals surface area contributed by atoms with Gasteiger partial charge in [0.1, 0.15) is 27.3 Å². The van der Waals surface area contributed by atoms with Crippen LogP contribution in [0.1, 0.15) is 121 Å². The molecule has 0 atom stereocenters. The molecular weight excluding hydrogens is 652 g/mol. The van der Waals surface area contributed by atoms with Gasteiger partial charge in [0.25, 0.3) is 11.8 Å². The maximum atomic E-state index is 12.2. The van der Waals surface area contributed by atoms with Crippen LogP contribution in [0.4, 0.5) is 4.79 Å². The minimum Gasteiger partial charge on any atom is -0.496 e. The number of hydrogen-bond acceptors (Lipinski definition) is 9. The van der Waals surface area contributed by atoms with E-state index in [1.54, 1.807) is 34.8 Å². The number of esters is 1. The lowest BCUT2D eigenvalue weighted by Gasteiger charge is -2.20. The van der Waals surface area contributed by atoms with Crippen LogP contribution in [0.25, 0.3) is 17.2 Å². The number of hydrogen-bond donors (Lipinski definition) is 1. The van der Waals surface area contributed by atoms with Gasteiger partial charge in [0.2, 0.25) is 0 Å². The molecule has 0 radical (unpaired) electrons. The van der Waals surface area contributed by atoms with Gasteiger partial charge in [0, 0.05) is 12.6 Å². The lowest BCUT2D eigenvalue weighted by atomic mass is 10.1. The van der Waals surface area contributed by atoms with Crippen molar-refractivity contribution >= 4 is 38.3 Å². The van der Waals surface area contributed by atoms with Crippen molar-refractivity contribution < 1.29 is 28.2 Å². The molecule has 0 bridgehead atoms. The van der Waals surface area contributed by atoms with Gasteiger partial charge in [-0.1, -0.05) is 60.1 Å². The molecule has 11 heteroatoms. The highest BCUT2D eigenvalue weighted by Crippen LogP contribution is 2.32. The van der Waals surface area contributed by atoms with Crippen molar-refractivity contribution in [2.45, 2.75) is 127 Å². The van der Waals surface area contributed by atoms with Crippen LogP contribution in [0.2, 0.25) is 0 Å². The molecule has 0 fully saturated rings. The van der Waals surface area contributed by atoms with E-state index in [0.29, 0.717) is 21.6 Å². The van der Waals surface area contributed by atoms with Gasteiger partial charge >= 0.3 is 12.1 Å². The third-order valence-electron chi connectivity index (χ3n) is 4.82. The first-order valence-electron chi connectivity index (χ1n) is 15.7. The molecule has 10 nitrogen and oxygen atoms in total. The Morgan fingerprint density at radius 3 is 2.02 bits per heavy atom. The number of unbranched alkanes of at least 4 members (excludes halogenated alkanes) is 1. The van der Waals surface area contributed by atoms with Gasteiger partial charge < -0.3 is 18.6 Å². The lowest BCUT2D eigenvalue weighted by Crippen LogP contribution is -2.31. The summed E-state index contributed by atoms with van der Waals surface area (Å²) < 4.78 is 22.0. The largest absolute Gasteiger partial charge is 0.496 e. The van der Waals surface area contributed by atoms with Crippen LogP contribution in [-0.2, 0) is 20.7 Å². The number of aliphatic imine (C=N–C) groups is 1. The van der Waals surface area contributed by atoms with E-state index in [2.05, 4.69) is 63.8 Å². The zero-order valence-electron chi connectivity index (χ0n) is 30.5. The maximum absolute atomic E-state index is 12.2. The minimum atomic E-state index is -0.646. The number of rotatable bonds is 9. The minimum absolute atomic E-state index is 0.120. The average molecular weight is 710 g/mol. The van der Waals surface area contributed by atoms with Crippen molar-refractivity contribution in [1.82, 2.24) is 15.5 Å². The molecule has 1 heterocycles. The number of benzene rings is 1. The van der Waals surface area contributed by atoms with Gasteiger partial charge in [-0.2, -0.15) is 0 Å². The number of aryl methyl sites for hydroxylation is 1. The van der Waals surface area contributed by atoms with Crippen LogP contribution >= 0.6 is 15.9 Å². The first-order chi connectivity index (χ1) is 21.4. The molecule has 1 aromatic carbocycles. The number of halogens is 1. The highest BCUT2D eigenvalue weighted by atomic mass is 79.9. The summed E-state index contributed by atoms with van der Waals surface area (Å²) in [7, 11) is 1.60. The van der Waals surface area contributed by atoms with Gasteiger partial charge in [-0.15, -0.1) is 10.2 Å². The number of nitrogens with one attached hydrogen (secondary N) is 1. The zero-order chi connectivity index (χ0) is 36.1. The molecule has 0 unspecified atom stereocenters. The molecule has 0 aliphatic carbocycles. The van der Waals surface area contributed by atoms with Crippen LogP contribution in [-0.4, -0.2) is 45.2 Å². The molecule has 0 spiro atoms. The Kier molecular flexibility index (Phi) is 22.3. The van der Waals surface area contributed by atoms with Gasteiger partial charge in [-0.25, -0.2) is 9.79 Å². The monoisotopic (exact) mass is 708 g/mol. The number of amides is 1. The van der Waals surface area contributed by atoms with Gasteiger partial charge in [0.05, 0.1) is 12.7 Å². The normalized spacial score (nSPS) is 11.6. The van der Waals surface area contributed by atoms with Crippen LogP contribution < -0.4 is 10.1 Å². The molecule has 0 aliphatic heterocycles. The fourth-order valence-corrected chi connectivity index (χ4v) is 3.45. The average Bonchev–Trinajstić information content (AvgIpc) is 3.43. The van der Waals surface area contributed by atoms with Gasteiger partial charge in [-0.3, -0.25) is 10.1 Å². The topological polar surface area (TPSA) is 125 Å². The Balaban J connectivity index is 0. The Bertz CT molecular complexity index is 1270. The van der Waals surface area contributed by atoms with E-state index >= 15 is 0 Å². The highest BCUT2D eigenvalue weighted by Gasteiger charge is 2.21. The van der Waals surface area contributed by atoms with Crippen molar-refractivity contribution in [2.24, 2.45) is 4.99 Å². The van der Waals surface area contributed by atoms with Crippen LogP contribution in [0.3, 0.4) is 0 Å². The van der Waals surface area contributed by atoms with Crippen LogP contribution in [0, 0.1) is 0 Å². The fourth-order valence-electron chi connectivity index (χ4n) is 3.27. The van der Waals surface area contributed by atoms with Crippen LogP contribution in [0.15, 0.2) is 46.0 Å². The summed E-state index contributed by atoms with van der Waals surface area (Å²) in [5.74, 6) is 0.812. The van der Waals surface area contributed by atoms with Crippen molar-refractivity contribution in [2.75, 3.05) is 7.11 Å². The second-order valence-corrected chi connectivity index (χ2v) is 12.5. The molecule has 2 rings (SSSR count). The molecule has 1 aromatic heterocycles. The summed E-state index contributed by atoms with van der Waals surface area (Å²) in [6.45, 7) is 28.0. The first kappa shape index (κ1) is 44.7. The van der Waals surface area contributed by atoms with E-state index < -0.39 is 11.7 Å². The summed E-state index contributed by atoms with van der Waals surface area (Å²) in [5.41, 5.74) is 1.51. The second kappa shape index (κ2) is 22.9. The number of ether oxygens (including phenoxy) is 3. The zero-order valence-corrected chi connectivity index (χ0v) is 32.1. The number of alkyl carbamates (subject to hydrolysis) is 1. The molecule has 0 saturated carbocycles. The number of aromatic nitrogens is 2. The SMILES string of the molecule is C=CC(Br)=N/C(=C(\C)NC(=O)OC(C)(C)C)c1nnc(-c2ccc(CCCC)cc2OC)o1.CC.CC(=O)OC(C)(C)C.CCC. The van der Waals surface area contributed by atoms with Crippen molar-refractivity contribution in [3.8, 4) is 17.2 Å². The summed E-state index contributed by atoms with van der Waals surface area (Å²) in [5, 5.41) is 11.0. The quantitative estimate of drug-likeness (QED) is 0.201. The third-order valence-corrected chi connectivity index (χ3v) is 5.32. The molecule has 1 N–H and O–H groups in total. The number of nitrogens with zero attached hydrogens (tertiary/aromatic N) is 3. The Morgan fingerprint density at radius 1 is 1.02 bits per heavy atom. The van der Waals surface area contributed by atoms with E-state index in [9.17, 15) is 9.59 Å². The Morgan fingerprint density at radius 2 is 1.59 bits per heavy atom. The smallest absolute Gasteiger partial charge is 0.411 e. The van der Waals surface area contributed by atoms with Crippen molar-refractivity contribution in [1.29, 1.82) is 0 Å². The summed E-state index contributed by atoms with van der Waals surface area (Å²) in [4.78, 5) is 26.9. The number of methoxy groups -OCH3 is 1. The molecule has 1 amide bonds. The van der Waals surface area contributed by atoms with E-state index in [-0.39, 0.29) is 29.0 Å². The number of carbonyl (C=O) groups excluding carboxylic acids is 2. The second-order valence-electron chi connectivity index (χ2n) is 11.7. The number of carbonyl (C=O) groups is 2. The fraction of sp³-hybridized carbons (Fsp3) is 0.571. The predicted molar refractivity (Wildman–Crippen MR) is 192 cm³/mol.